The average molecular weight is 514 g/mol. The van der Waals surface area contributed by atoms with Gasteiger partial charge in [-0.25, -0.2) is 0 Å². The van der Waals surface area contributed by atoms with Crippen LogP contribution in [-0.2, 0) is 21.5 Å². The number of benzene rings is 2. The van der Waals surface area contributed by atoms with Gasteiger partial charge in [-0.2, -0.15) is 0 Å². The molecule has 2 aromatic carbocycles. The lowest BCUT2D eigenvalue weighted by Gasteiger charge is -2.46. The Morgan fingerprint density at radius 1 is 1.09 bits per heavy atom. The lowest BCUT2D eigenvalue weighted by atomic mass is 9.78. The molecule has 3 aliphatic rings. The van der Waals surface area contributed by atoms with Crippen molar-refractivity contribution in [1.29, 1.82) is 0 Å². The molecule has 0 bridgehead atoms. The molecule has 0 spiro atoms. The summed E-state index contributed by atoms with van der Waals surface area (Å²) >= 11 is 12.7. The minimum absolute atomic E-state index is 0.00592. The van der Waals surface area contributed by atoms with Crippen molar-refractivity contribution in [3.63, 3.8) is 0 Å². The standard InChI is InChI=1S/C28H33Cl2N3O2/c1-18-5-2-10-23(13-18)33(17-26(34)31-22-8-4-9-22)28(16-19-6-3-7-20(29)14-19)24-12-11-21(30)15-25(24)32-27(28)35/h3,6-7,11-12,14-15,18,22-23H,2,4-5,8-10,13,16-17H2,1H3,(H,31,34)(H,32,35)/t18?,23-,28?/m1/s1. The van der Waals surface area contributed by atoms with E-state index in [1.807, 2.05) is 42.5 Å². The van der Waals surface area contributed by atoms with E-state index in [1.54, 1.807) is 0 Å². The number of fused-ring (bicyclic) bond motifs is 1. The monoisotopic (exact) mass is 513 g/mol. The Kier molecular flexibility index (Phi) is 7.11. The molecule has 5 rings (SSSR count). The van der Waals surface area contributed by atoms with Gasteiger partial charge in [-0.05, 0) is 67.9 Å². The zero-order chi connectivity index (χ0) is 24.6. The van der Waals surface area contributed by atoms with Crippen molar-refractivity contribution in [2.75, 3.05) is 11.9 Å². The zero-order valence-corrected chi connectivity index (χ0v) is 21.7. The van der Waals surface area contributed by atoms with Crippen LogP contribution in [0.25, 0.3) is 0 Å². The van der Waals surface area contributed by atoms with E-state index >= 15 is 0 Å². The number of hydrogen-bond donors (Lipinski definition) is 2. The number of nitrogens with zero attached hydrogens (tertiary/aromatic N) is 1. The van der Waals surface area contributed by atoms with Crippen molar-refractivity contribution in [3.8, 4) is 0 Å². The number of hydrogen-bond acceptors (Lipinski definition) is 3. The lowest BCUT2D eigenvalue weighted by molar-refractivity contribution is -0.136. The fourth-order valence-electron chi connectivity index (χ4n) is 6.07. The highest BCUT2D eigenvalue weighted by Crippen LogP contribution is 2.47. The number of anilines is 1. The Labute approximate surface area is 217 Å². The molecule has 2 saturated carbocycles. The first-order valence-electron chi connectivity index (χ1n) is 12.8. The number of carbonyl (C=O) groups is 2. The molecular formula is C28H33Cl2N3O2. The molecule has 0 radical (unpaired) electrons. The second-order valence-corrected chi connectivity index (χ2v) is 11.4. The van der Waals surface area contributed by atoms with E-state index in [4.69, 9.17) is 23.2 Å². The van der Waals surface area contributed by atoms with E-state index in [1.165, 1.54) is 6.42 Å². The summed E-state index contributed by atoms with van der Waals surface area (Å²) in [6, 6.07) is 13.6. The first-order valence-corrected chi connectivity index (χ1v) is 13.5. The molecule has 0 aromatic heterocycles. The number of nitrogens with one attached hydrogen (secondary N) is 2. The largest absolute Gasteiger partial charge is 0.352 e. The second kappa shape index (κ2) is 10.1. The number of rotatable bonds is 7. The van der Waals surface area contributed by atoms with Crippen molar-refractivity contribution in [2.45, 2.75) is 75.9 Å². The molecule has 0 saturated heterocycles. The quantitative estimate of drug-likeness (QED) is 0.481. The average Bonchev–Trinajstić information content (AvgIpc) is 3.05. The third-order valence-electron chi connectivity index (χ3n) is 8.02. The first-order chi connectivity index (χ1) is 16.8. The van der Waals surface area contributed by atoms with Crippen molar-refractivity contribution >= 4 is 40.7 Å². The third-order valence-corrected chi connectivity index (χ3v) is 8.49. The van der Waals surface area contributed by atoms with Crippen molar-refractivity contribution in [2.24, 2.45) is 5.92 Å². The van der Waals surface area contributed by atoms with E-state index < -0.39 is 5.54 Å². The maximum Gasteiger partial charge on any atom is 0.249 e. The van der Waals surface area contributed by atoms with Crippen LogP contribution in [0.2, 0.25) is 10.0 Å². The number of halogens is 2. The van der Waals surface area contributed by atoms with Crippen LogP contribution < -0.4 is 10.6 Å². The summed E-state index contributed by atoms with van der Waals surface area (Å²) in [5, 5.41) is 7.51. The molecule has 2 unspecified atom stereocenters. The Hall–Kier alpha value is -2.08. The molecule has 1 aliphatic heterocycles. The maximum atomic E-state index is 14.0. The predicted octanol–water partition coefficient (Wildman–Crippen LogP) is 5.93. The minimum atomic E-state index is -1.02. The van der Waals surface area contributed by atoms with Gasteiger partial charge in [0.25, 0.3) is 0 Å². The van der Waals surface area contributed by atoms with Gasteiger partial charge in [-0.15, -0.1) is 0 Å². The van der Waals surface area contributed by atoms with Crippen LogP contribution >= 0.6 is 23.2 Å². The van der Waals surface area contributed by atoms with Crippen LogP contribution in [-0.4, -0.2) is 35.3 Å². The van der Waals surface area contributed by atoms with E-state index in [2.05, 4.69) is 22.5 Å². The summed E-state index contributed by atoms with van der Waals surface area (Å²) in [5.41, 5.74) is 1.53. The molecule has 5 nitrogen and oxygen atoms in total. The summed E-state index contributed by atoms with van der Waals surface area (Å²) in [5.74, 6) is 0.432. The molecule has 186 valence electrons. The molecule has 2 fully saturated rings. The van der Waals surface area contributed by atoms with Crippen LogP contribution in [0, 0.1) is 5.92 Å². The molecule has 2 aromatic rings. The van der Waals surface area contributed by atoms with E-state index in [0.29, 0.717) is 22.4 Å². The van der Waals surface area contributed by atoms with Gasteiger partial charge in [0.1, 0.15) is 5.54 Å². The van der Waals surface area contributed by atoms with Gasteiger partial charge in [0.2, 0.25) is 11.8 Å². The smallest absolute Gasteiger partial charge is 0.249 e. The van der Waals surface area contributed by atoms with Crippen LogP contribution in [0.1, 0.15) is 63.0 Å². The van der Waals surface area contributed by atoms with Gasteiger partial charge in [0.05, 0.1) is 6.54 Å². The van der Waals surface area contributed by atoms with E-state index in [-0.39, 0.29) is 30.4 Å². The number of carbonyl (C=O) groups excluding carboxylic acids is 2. The van der Waals surface area contributed by atoms with Gasteiger partial charge in [-0.3, -0.25) is 14.5 Å². The summed E-state index contributed by atoms with van der Waals surface area (Å²) < 4.78 is 0. The minimum Gasteiger partial charge on any atom is -0.352 e. The fraction of sp³-hybridized carbons (Fsp3) is 0.500. The Balaban J connectivity index is 1.60. The van der Waals surface area contributed by atoms with Crippen molar-refractivity contribution < 1.29 is 9.59 Å². The van der Waals surface area contributed by atoms with Crippen LogP contribution in [0.4, 0.5) is 5.69 Å². The maximum absolute atomic E-state index is 14.0. The molecule has 1 heterocycles. The van der Waals surface area contributed by atoms with E-state index in [0.717, 1.165) is 55.3 Å². The lowest BCUT2D eigenvalue weighted by Crippen LogP contribution is -2.60. The van der Waals surface area contributed by atoms with Gasteiger partial charge in [0.15, 0.2) is 0 Å². The molecule has 2 aliphatic carbocycles. The number of amides is 2. The summed E-state index contributed by atoms with van der Waals surface area (Å²) in [6.07, 6.45) is 7.84. The summed E-state index contributed by atoms with van der Waals surface area (Å²) in [6.45, 7) is 2.45. The van der Waals surface area contributed by atoms with E-state index in [9.17, 15) is 9.59 Å². The molecular weight excluding hydrogens is 481 g/mol. The highest BCUT2D eigenvalue weighted by molar-refractivity contribution is 6.31. The highest BCUT2D eigenvalue weighted by atomic mass is 35.5. The summed E-state index contributed by atoms with van der Waals surface area (Å²) in [7, 11) is 0. The Morgan fingerprint density at radius 2 is 1.86 bits per heavy atom. The van der Waals surface area contributed by atoms with Gasteiger partial charge >= 0.3 is 0 Å². The Bertz CT molecular complexity index is 1120. The Morgan fingerprint density at radius 3 is 2.57 bits per heavy atom. The van der Waals surface area contributed by atoms with Gasteiger partial charge in [-0.1, -0.05) is 61.2 Å². The van der Waals surface area contributed by atoms with Gasteiger partial charge in [0, 0.05) is 39.8 Å². The van der Waals surface area contributed by atoms with Crippen LogP contribution in [0.15, 0.2) is 42.5 Å². The van der Waals surface area contributed by atoms with Crippen LogP contribution in [0.3, 0.4) is 0 Å². The molecule has 2 amide bonds. The SMILES string of the molecule is CC1CCC[C@@H](N(CC(=O)NC2CCC2)C2(Cc3cccc(Cl)c3)C(=O)Nc3cc(Cl)ccc32)C1. The molecule has 7 heteroatoms. The molecule has 3 atom stereocenters. The van der Waals surface area contributed by atoms with Crippen LogP contribution in [0.5, 0.6) is 0 Å². The van der Waals surface area contributed by atoms with Crippen molar-refractivity contribution in [3.05, 3.63) is 63.6 Å². The summed E-state index contributed by atoms with van der Waals surface area (Å²) in [4.78, 5) is 29.6. The molecule has 35 heavy (non-hydrogen) atoms. The molecule has 2 N–H and O–H groups in total. The predicted molar refractivity (Wildman–Crippen MR) is 141 cm³/mol. The van der Waals surface area contributed by atoms with Crippen molar-refractivity contribution in [1.82, 2.24) is 10.2 Å². The first kappa shape index (κ1) is 24.6. The highest BCUT2D eigenvalue weighted by Gasteiger charge is 2.54. The third kappa shape index (κ3) is 4.96. The van der Waals surface area contributed by atoms with Gasteiger partial charge < -0.3 is 10.6 Å². The fourth-order valence-corrected chi connectivity index (χ4v) is 6.46. The normalized spacial score (nSPS) is 26.2. The topological polar surface area (TPSA) is 61.4 Å². The zero-order valence-electron chi connectivity index (χ0n) is 20.2. The second-order valence-electron chi connectivity index (χ2n) is 10.6.